The number of hydrogen-bond acceptors (Lipinski definition) is 2. The average Bonchev–Trinajstić information content (AvgIpc) is 1.67. The van der Waals surface area contributed by atoms with Gasteiger partial charge in [0.1, 0.15) is 0 Å². The maximum absolute atomic E-state index is 7.07. The maximum atomic E-state index is 7.07. The van der Waals surface area contributed by atoms with E-state index in [4.69, 9.17) is 10.8 Å². The van der Waals surface area contributed by atoms with Crippen LogP contribution in [0.15, 0.2) is 0 Å². The van der Waals surface area contributed by atoms with Crippen molar-refractivity contribution in [1.82, 2.24) is 0 Å². The first kappa shape index (κ1) is 8.31. The van der Waals surface area contributed by atoms with Gasteiger partial charge in [-0.15, -0.1) is 0 Å². The molecule has 0 heterocycles. The SMILES string of the molecule is CC(=N)C(=N)[CH2][Ni][Br]. The van der Waals surface area contributed by atoms with Crippen LogP contribution in [0.4, 0.5) is 0 Å². The van der Waals surface area contributed by atoms with Gasteiger partial charge in [0.25, 0.3) is 0 Å². The fraction of sp³-hybridized carbons (Fsp3) is 0.500. The molecule has 0 bridgehead atoms. The van der Waals surface area contributed by atoms with E-state index in [2.05, 4.69) is 14.2 Å². The molecular formula is C4H7BrN2Ni. The van der Waals surface area contributed by atoms with E-state index in [1.807, 2.05) is 0 Å². The van der Waals surface area contributed by atoms with Crippen molar-refractivity contribution in [1.29, 1.82) is 10.8 Å². The summed E-state index contributed by atoms with van der Waals surface area (Å²) in [6, 6.07) is 0. The molecule has 2 nitrogen and oxygen atoms in total. The summed E-state index contributed by atoms with van der Waals surface area (Å²) < 4.78 is 0. The third-order valence-electron chi connectivity index (χ3n) is 0.607. The van der Waals surface area contributed by atoms with Crippen LogP contribution in [-0.4, -0.2) is 11.4 Å². The van der Waals surface area contributed by atoms with Crippen molar-refractivity contribution in [2.24, 2.45) is 0 Å². The Labute approximate surface area is 61.7 Å². The molecule has 0 aliphatic rings. The molecule has 0 atom stereocenters. The molecule has 0 aliphatic heterocycles. The fourth-order valence-electron chi connectivity index (χ4n) is 0.126. The minimum absolute atomic E-state index is 0.350. The Kier molecular flexibility index (Phi) is 4.38. The van der Waals surface area contributed by atoms with Gasteiger partial charge in [-0.1, -0.05) is 0 Å². The minimum atomic E-state index is 0.350. The zero-order chi connectivity index (χ0) is 6.57. The van der Waals surface area contributed by atoms with Crippen molar-refractivity contribution in [3.63, 3.8) is 0 Å². The Balaban J connectivity index is 3.49. The molecule has 0 amide bonds. The zero-order valence-corrected chi connectivity index (χ0v) is 6.97. The molecule has 0 aromatic heterocycles. The predicted molar refractivity (Wildman–Crippen MR) is 34.9 cm³/mol. The molecule has 0 fully saturated rings. The first-order valence-corrected chi connectivity index (χ1v) is 5.09. The standard InChI is InChI=1S/C4H7N2.BrH.Ni/c1-3(5)4(2)6;;/h5-6H,1H2,2H3;1H;/q;;+1/p-1. The van der Waals surface area contributed by atoms with Gasteiger partial charge < -0.3 is 0 Å². The molecule has 0 aliphatic carbocycles. The van der Waals surface area contributed by atoms with Crippen molar-refractivity contribution in [3.8, 4) is 0 Å². The van der Waals surface area contributed by atoms with Crippen molar-refractivity contribution in [2.45, 2.75) is 12.3 Å². The fourth-order valence-corrected chi connectivity index (χ4v) is 1.25. The normalized spacial score (nSPS) is 9.25. The zero-order valence-electron chi connectivity index (χ0n) is 4.40. The molecule has 0 saturated carbocycles. The van der Waals surface area contributed by atoms with Gasteiger partial charge in [0, 0.05) is 0 Å². The summed E-state index contributed by atoms with van der Waals surface area (Å²) in [6.07, 6.45) is 0. The van der Waals surface area contributed by atoms with Crippen LogP contribution in [0.3, 0.4) is 0 Å². The molecule has 0 spiro atoms. The van der Waals surface area contributed by atoms with Crippen LogP contribution in [0.2, 0.25) is 5.39 Å². The van der Waals surface area contributed by atoms with Gasteiger partial charge in [-0.05, 0) is 0 Å². The monoisotopic (exact) mass is 220 g/mol. The van der Waals surface area contributed by atoms with E-state index < -0.39 is 0 Å². The van der Waals surface area contributed by atoms with Gasteiger partial charge in [0.15, 0.2) is 0 Å². The first-order valence-electron chi connectivity index (χ1n) is 1.95. The Bertz CT molecular complexity index is 113. The molecule has 0 saturated heterocycles. The second kappa shape index (κ2) is 4.22. The Morgan fingerprint density at radius 3 is 2.25 bits per heavy atom. The molecule has 0 aromatic rings. The molecule has 50 valence electrons. The number of halogens is 1. The van der Waals surface area contributed by atoms with E-state index in [0.717, 1.165) is 0 Å². The summed E-state index contributed by atoms with van der Waals surface area (Å²) in [7, 11) is 0. The summed E-state index contributed by atoms with van der Waals surface area (Å²) in [5.74, 6) is 0. The van der Waals surface area contributed by atoms with E-state index >= 15 is 0 Å². The Morgan fingerprint density at radius 2 is 2.12 bits per heavy atom. The van der Waals surface area contributed by atoms with Crippen LogP contribution in [0.1, 0.15) is 6.92 Å². The van der Waals surface area contributed by atoms with E-state index in [0.29, 0.717) is 16.8 Å². The van der Waals surface area contributed by atoms with Crippen molar-refractivity contribution >= 4 is 25.6 Å². The Hall–Kier alpha value is 0.314. The van der Waals surface area contributed by atoms with E-state index in [1.54, 1.807) is 6.92 Å². The van der Waals surface area contributed by atoms with Crippen molar-refractivity contribution < 1.29 is 12.7 Å². The molecule has 2 N–H and O–H groups in total. The number of hydrogen-bond donors (Lipinski definition) is 2. The van der Waals surface area contributed by atoms with Gasteiger partial charge in [-0.3, -0.25) is 0 Å². The van der Waals surface area contributed by atoms with Gasteiger partial charge in [-0.2, -0.15) is 0 Å². The van der Waals surface area contributed by atoms with Crippen LogP contribution in [0.5, 0.6) is 0 Å². The average molecular weight is 222 g/mol. The van der Waals surface area contributed by atoms with Crippen molar-refractivity contribution in [3.05, 3.63) is 0 Å². The van der Waals surface area contributed by atoms with Crippen LogP contribution in [0.25, 0.3) is 0 Å². The summed E-state index contributed by atoms with van der Waals surface area (Å²) in [5.41, 5.74) is 0.740. The quantitative estimate of drug-likeness (QED) is 0.540. The predicted octanol–water partition coefficient (Wildman–Crippen LogP) is 1.86. The molecule has 4 heteroatoms. The van der Waals surface area contributed by atoms with E-state index in [9.17, 15) is 0 Å². The third-order valence-corrected chi connectivity index (χ3v) is 1.82. The van der Waals surface area contributed by atoms with Gasteiger partial charge >= 0.3 is 61.5 Å². The van der Waals surface area contributed by atoms with E-state index in [1.165, 1.54) is 12.7 Å². The van der Waals surface area contributed by atoms with Crippen LogP contribution in [-0.2, 0) is 12.7 Å². The van der Waals surface area contributed by atoms with E-state index in [-0.39, 0.29) is 0 Å². The third kappa shape index (κ3) is 3.33. The number of nitrogens with one attached hydrogen (secondary N) is 2. The Morgan fingerprint density at radius 1 is 1.62 bits per heavy atom. The summed E-state index contributed by atoms with van der Waals surface area (Å²) >= 11 is 4.35. The summed E-state index contributed by atoms with van der Waals surface area (Å²) in [5, 5.41) is 14.6. The van der Waals surface area contributed by atoms with Crippen LogP contribution in [0, 0.1) is 10.8 Å². The molecule has 0 radical (unpaired) electrons. The molecule has 0 aromatic carbocycles. The topological polar surface area (TPSA) is 47.7 Å². The van der Waals surface area contributed by atoms with Gasteiger partial charge in [-0.25, -0.2) is 0 Å². The molecule has 0 rings (SSSR count). The first-order chi connectivity index (χ1) is 3.68. The van der Waals surface area contributed by atoms with Gasteiger partial charge in [0.05, 0.1) is 0 Å². The van der Waals surface area contributed by atoms with Gasteiger partial charge in [0.2, 0.25) is 0 Å². The molecular weight excluding hydrogens is 215 g/mol. The molecule has 8 heavy (non-hydrogen) atoms. The van der Waals surface area contributed by atoms with Crippen LogP contribution < -0.4 is 0 Å². The summed E-state index contributed by atoms with van der Waals surface area (Å²) in [4.78, 5) is 0. The summed E-state index contributed by atoms with van der Waals surface area (Å²) in [6.45, 7) is 1.62. The second-order valence-corrected chi connectivity index (χ2v) is 3.38. The molecule has 0 unspecified atom stereocenters. The second-order valence-electron chi connectivity index (χ2n) is 1.30. The van der Waals surface area contributed by atoms with Crippen LogP contribution >= 0.6 is 14.2 Å². The number of rotatable bonds is 3. The van der Waals surface area contributed by atoms with Crippen molar-refractivity contribution in [2.75, 3.05) is 0 Å².